The van der Waals surface area contributed by atoms with E-state index in [-0.39, 0.29) is 16.8 Å². The summed E-state index contributed by atoms with van der Waals surface area (Å²) in [4.78, 5) is 17.1. The van der Waals surface area contributed by atoms with Gasteiger partial charge in [0.15, 0.2) is 0 Å². The zero-order valence-electron chi connectivity index (χ0n) is 15.1. The van der Waals surface area contributed by atoms with Crippen molar-refractivity contribution in [3.05, 3.63) is 64.8 Å². The molecule has 2 N–H and O–H groups in total. The number of pyridine rings is 1. The van der Waals surface area contributed by atoms with Crippen molar-refractivity contribution in [3.63, 3.8) is 0 Å². The zero-order valence-corrected chi connectivity index (χ0v) is 16.6. The van der Waals surface area contributed by atoms with Gasteiger partial charge in [0.05, 0.1) is 16.1 Å². The number of carbonyl (C=O) groups excluding carboxylic acids is 1. The lowest BCUT2D eigenvalue weighted by Crippen LogP contribution is -2.25. The van der Waals surface area contributed by atoms with Gasteiger partial charge >= 0.3 is 0 Å². The Bertz CT molecular complexity index is 1170. The molecule has 2 aromatic carbocycles. The number of nitrogens with zero attached hydrogens (tertiary/aromatic N) is 1. The fourth-order valence-corrected chi connectivity index (χ4v) is 4.37. The fourth-order valence-electron chi connectivity index (χ4n) is 2.91. The molecule has 1 aliphatic carbocycles. The standard InChI is InChI=1S/C20H18ClN3O3S/c1-12-17(21)9-8-16-18(10-11-22-19(12)16)23-20(25)13-2-6-15(7-3-13)28(26,27)24-14-4-5-14/h2-3,6-11,14,24H,4-5H2,1H3,(H,22,23,25). The highest BCUT2D eigenvalue weighted by molar-refractivity contribution is 7.89. The number of hydrogen-bond donors (Lipinski definition) is 2. The Kier molecular flexibility index (Phi) is 4.82. The van der Waals surface area contributed by atoms with Gasteiger partial charge in [-0.25, -0.2) is 13.1 Å². The quantitative estimate of drug-likeness (QED) is 0.661. The number of benzene rings is 2. The van der Waals surface area contributed by atoms with Gasteiger partial charge in [-0.05, 0) is 67.8 Å². The van der Waals surface area contributed by atoms with E-state index < -0.39 is 10.0 Å². The maximum absolute atomic E-state index is 12.6. The van der Waals surface area contributed by atoms with Crippen LogP contribution in [0.3, 0.4) is 0 Å². The third-order valence-electron chi connectivity index (χ3n) is 4.67. The van der Waals surface area contributed by atoms with Crippen molar-refractivity contribution in [3.8, 4) is 0 Å². The van der Waals surface area contributed by atoms with Crippen LogP contribution in [0, 0.1) is 6.92 Å². The molecule has 0 aliphatic heterocycles. The van der Waals surface area contributed by atoms with E-state index in [1.54, 1.807) is 18.3 Å². The average Bonchev–Trinajstić information content (AvgIpc) is 3.48. The van der Waals surface area contributed by atoms with Gasteiger partial charge in [-0.2, -0.15) is 0 Å². The number of carbonyl (C=O) groups is 1. The molecular weight excluding hydrogens is 398 g/mol. The zero-order chi connectivity index (χ0) is 19.9. The molecule has 3 aromatic rings. The van der Waals surface area contributed by atoms with Gasteiger partial charge in [0, 0.05) is 28.2 Å². The van der Waals surface area contributed by atoms with E-state index in [0.717, 1.165) is 29.3 Å². The third-order valence-corrected chi connectivity index (χ3v) is 6.62. The van der Waals surface area contributed by atoms with Gasteiger partial charge in [0.1, 0.15) is 0 Å². The van der Waals surface area contributed by atoms with Gasteiger partial charge < -0.3 is 5.32 Å². The molecule has 1 fully saturated rings. The Balaban J connectivity index is 1.57. The van der Waals surface area contributed by atoms with E-state index >= 15 is 0 Å². The summed E-state index contributed by atoms with van der Waals surface area (Å²) >= 11 is 6.15. The number of amides is 1. The molecule has 1 saturated carbocycles. The lowest BCUT2D eigenvalue weighted by molar-refractivity contribution is 0.102. The molecule has 0 unspecified atom stereocenters. The molecule has 8 heteroatoms. The van der Waals surface area contributed by atoms with E-state index in [0.29, 0.717) is 16.3 Å². The predicted molar refractivity (Wildman–Crippen MR) is 109 cm³/mol. The first kappa shape index (κ1) is 18.9. The number of halogens is 1. The molecule has 0 saturated heterocycles. The van der Waals surface area contributed by atoms with Gasteiger partial charge in [0.25, 0.3) is 5.91 Å². The summed E-state index contributed by atoms with van der Waals surface area (Å²) in [6.07, 6.45) is 3.34. The summed E-state index contributed by atoms with van der Waals surface area (Å²) < 4.78 is 27.1. The van der Waals surface area contributed by atoms with Crippen molar-refractivity contribution < 1.29 is 13.2 Å². The summed E-state index contributed by atoms with van der Waals surface area (Å²) in [5, 5.41) is 4.26. The second-order valence-corrected chi connectivity index (χ2v) is 8.92. The number of nitrogens with one attached hydrogen (secondary N) is 2. The number of aromatic nitrogens is 1. The van der Waals surface area contributed by atoms with Crippen LogP contribution in [-0.2, 0) is 10.0 Å². The topological polar surface area (TPSA) is 88.2 Å². The van der Waals surface area contributed by atoms with E-state index in [1.807, 2.05) is 13.0 Å². The Morgan fingerprint density at radius 3 is 2.50 bits per heavy atom. The van der Waals surface area contributed by atoms with Crippen LogP contribution >= 0.6 is 11.6 Å². The maximum atomic E-state index is 12.6. The van der Waals surface area contributed by atoms with Crippen molar-refractivity contribution in [2.75, 3.05) is 5.32 Å². The van der Waals surface area contributed by atoms with E-state index in [4.69, 9.17) is 11.6 Å². The normalized spacial score (nSPS) is 14.2. The first-order valence-corrected chi connectivity index (χ1v) is 10.7. The maximum Gasteiger partial charge on any atom is 0.255 e. The van der Waals surface area contributed by atoms with Crippen LogP contribution in [0.15, 0.2) is 53.6 Å². The molecule has 1 aromatic heterocycles. The minimum Gasteiger partial charge on any atom is -0.321 e. The van der Waals surface area contributed by atoms with Crippen LogP contribution in [0.2, 0.25) is 5.02 Å². The van der Waals surface area contributed by atoms with Crippen molar-refractivity contribution in [2.24, 2.45) is 0 Å². The summed E-state index contributed by atoms with van der Waals surface area (Å²) in [6.45, 7) is 1.87. The molecule has 144 valence electrons. The first-order valence-electron chi connectivity index (χ1n) is 8.83. The second kappa shape index (κ2) is 7.16. The number of sulfonamides is 1. The molecule has 0 bridgehead atoms. The van der Waals surface area contributed by atoms with Crippen LogP contribution in [0.5, 0.6) is 0 Å². The van der Waals surface area contributed by atoms with Gasteiger partial charge in [-0.15, -0.1) is 0 Å². The predicted octanol–water partition coefficient (Wildman–Crippen LogP) is 3.89. The summed E-state index contributed by atoms with van der Waals surface area (Å²) in [7, 11) is -3.54. The average molecular weight is 416 g/mol. The van der Waals surface area contributed by atoms with Crippen molar-refractivity contribution >= 4 is 44.1 Å². The summed E-state index contributed by atoms with van der Waals surface area (Å²) in [5.74, 6) is -0.334. The molecule has 1 aliphatic rings. The van der Waals surface area contributed by atoms with Crippen LogP contribution in [0.1, 0.15) is 28.8 Å². The number of anilines is 1. The molecule has 1 amide bonds. The Morgan fingerprint density at radius 2 is 1.82 bits per heavy atom. The van der Waals surface area contributed by atoms with Crippen LogP contribution in [0.4, 0.5) is 5.69 Å². The minimum absolute atomic E-state index is 0.0323. The van der Waals surface area contributed by atoms with Gasteiger partial charge in [-0.1, -0.05) is 11.6 Å². The third kappa shape index (κ3) is 3.73. The van der Waals surface area contributed by atoms with Crippen molar-refractivity contribution in [1.29, 1.82) is 0 Å². The van der Waals surface area contributed by atoms with Crippen LogP contribution < -0.4 is 10.0 Å². The number of rotatable bonds is 5. The second-order valence-electron chi connectivity index (χ2n) is 6.80. The van der Waals surface area contributed by atoms with E-state index in [2.05, 4.69) is 15.0 Å². The Morgan fingerprint density at radius 1 is 1.11 bits per heavy atom. The minimum atomic E-state index is -3.54. The molecule has 28 heavy (non-hydrogen) atoms. The highest BCUT2D eigenvalue weighted by Gasteiger charge is 2.28. The molecule has 4 rings (SSSR count). The smallest absolute Gasteiger partial charge is 0.255 e. The first-order chi connectivity index (χ1) is 13.3. The largest absolute Gasteiger partial charge is 0.321 e. The molecule has 1 heterocycles. The van der Waals surface area contributed by atoms with Crippen molar-refractivity contribution in [1.82, 2.24) is 9.71 Å². The molecule has 6 nitrogen and oxygen atoms in total. The monoisotopic (exact) mass is 415 g/mol. The fraction of sp³-hybridized carbons (Fsp3) is 0.200. The van der Waals surface area contributed by atoms with Crippen LogP contribution in [-0.4, -0.2) is 25.4 Å². The molecule has 0 radical (unpaired) electrons. The molecular formula is C20H18ClN3O3S. The van der Waals surface area contributed by atoms with Gasteiger partial charge in [-0.3, -0.25) is 9.78 Å². The number of aryl methyl sites for hydroxylation is 1. The van der Waals surface area contributed by atoms with Crippen LogP contribution in [0.25, 0.3) is 10.9 Å². The summed E-state index contributed by atoms with van der Waals surface area (Å²) in [6, 6.07) is 11.2. The lowest BCUT2D eigenvalue weighted by atomic mass is 10.1. The van der Waals surface area contributed by atoms with E-state index in [1.165, 1.54) is 24.3 Å². The summed E-state index contributed by atoms with van der Waals surface area (Å²) in [5.41, 5.74) is 2.54. The molecule has 0 atom stereocenters. The highest BCUT2D eigenvalue weighted by Crippen LogP contribution is 2.29. The number of fused-ring (bicyclic) bond motifs is 1. The highest BCUT2D eigenvalue weighted by atomic mass is 35.5. The Labute approximate surface area is 168 Å². The SMILES string of the molecule is Cc1c(Cl)ccc2c(NC(=O)c3ccc(S(=O)(=O)NC4CC4)cc3)ccnc12. The van der Waals surface area contributed by atoms with E-state index in [9.17, 15) is 13.2 Å². The number of hydrogen-bond acceptors (Lipinski definition) is 4. The van der Waals surface area contributed by atoms with Gasteiger partial charge in [0.2, 0.25) is 10.0 Å². The van der Waals surface area contributed by atoms with Crippen molar-refractivity contribution in [2.45, 2.75) is 30.7 Å². The lowest BCUT2D eigenvalue weighted by Gasteiger charge is -2.11. The molecule has 0 spiro atoms. The Hall–Kier alpha value is -2.48.